The Balaban J connectivity index is 2.43. The molecule has 2 unspecified atom stereocenters. The van der Waals surface area contributed by atoms with Crippen molar-refractivity contribution in [3.63, 3.8) is 0 Å². The fraction of sp³-hybridized carbons (Fsp3) is 0.786. The number of aliphatic hydroxyl groups excluding tert-OH is 1. The molecular formula is C14H26N2O. The first-order valence-electron chi connectivity index (χ1n) is 6.75. The lowest BCUT2D eigenvalue weighted by Gasteiger charge is -2.11. The van der Waals surface area contributed by atoms with Gasteiger partial charge in [-0.3, -0.25) is 4.68 Å². The predicted octanol–water partition coefficient (Wildman–Crippen LogP) is 3.19. The summed E-state index contributed by atoms with van der Waals surface area (Å²) in [5, 5.41) is 14.4. The summed E-state index contributed by atoms with van der Waals surface area (Å²) in [6.07, 6.45) is 5.46. The molecule has 98 valence electrons. The van der Waals surface area contributed by atoms with E-state index < -0.39 is 0 Å². The van der Waals surface area contributed by atoms with Crippen LogP contribution in [-0.2, 0) is 6.42 Å². The largest absolute Gasteiger partial charge is 0.393 e. The zero-order valence-corrected chi connectivity index (χ0v) is 11.6. The molecule has 0 amide bonds. The Labute approximate surface area is 105 Å². The maximum Gasteiger partial charge on any atom is 0.0650 e. The van der Waals surface area contributed by atoms with E-state index in [1.807, 2.05) is 16.9 Å². The highest BCUT2D eigenvalue weighted by molar-refractivity contribution is 5.01. The Bertz CT molecular complexity index is 320. The summed E-state index contributed by atoms with van der Waals surface area (Å²) < 4.78 is 1.99. The minimum absolute atomic E-state index is 0.252. The summed E-state index contributed by atoms with van der Waals surface area (Å²) in [6.45, 7) is 8.68. The molecule has 0 aliphatic rings. The van der Waals surface area contributed by atoms with Gasteiger partial charge < -0.3 is 5.11 Å². The molecular weight excluding hydrogens is 212 g/mol. The molecule has 0 aromatic carbocycles. The van der Waals surface area contributed by atoms with E-state index in [4.69, 9.17) is 0 Å². The Morgan fingerprint density at radius 1 is 1.29 bits per heavy atom. The predicted molar refractivity (Wildman–Crippen MR) is 71.0 cm³/mol. The maximum atomic E-state index is 9.91. The van der Waals surface area contributed by atoms with E-state index in [-0.39, 0.29) is 6.10 Å². The minimum atomic E-state index is -0.252. The second-order valence-electron chi connectivity index (χ2n) is 5.37. The zero-order chi connectivity index (χ0) is 12.8. The molecule has 3 nitrogen and oxygen atoms in total. The Morgan fingerprint density at radius 2 is 2.00 bits per heavy atom. The third-order valence-electron chi connectivity index (χ3n) is 3.23. The highest BCUT2D eigenvalue weighted by Crippen LogP contribution is 2.13. The van der Waals surface area contributed by atoms with E-state index in [1.165, 1.54) is 0 Å². The molecule has 1 N–H and O–H groups in total. The maximum absolute atomic E-state index is 9.91. The number of nitrogens with zero attached hydrogens (tertiary/aromatic N) is 2. The molecule has 0 bridgehead atoms. The van der Waals surface area contributed by atoms with Crippen LogP contribution in [0.25, 0.3) is 0 Å². The number of hydrogen-bond acceptors (Lipinski definition) is 2. The molecule has 1 aromatic heterocycles. The van der Waals surface area contributed by atoms with Gasteiger partial charge in [-0.1, -0.05) is 20.8 Å². The molecule has 0 aliphatic heterocycles. The van der Waals surface area contributed by atoms with E-state index in [0.29, 0.717) is 18.4 Å². The van der Waals surface area contributed by atoms with Gasteiger partial charge >= 0.3 is 0 Å². The van der Waals surface area contributed by atoms with E-state index in [9.17, 15) is 5.11 Å². The summed E-state index contributed by atoms with van der Waals surface area (Å²) in [6, 6.07) is 2.46. The number of aromatic nitrogens is 2. The van der Waals surface area contributed by atoms with Crippen LogP contribution in [0.1, 0.15) is 58.7 Å². The van der Waals surface area contributed by atoms with Crippen molar-refractivity contribution in [1.82, 2.24) is 9.78 Å². The van der Waals surface area contributed by atoms with Gasteiger partial charge in [0, 0.05) is 18.7 Å². The van der Waals surface area contributed by atoms with Crippen LogP contribution in [0.2, 0.25) is 0 Å². The van der Waals surface area contributed by atoms with Crippen LogP contribution in [0.5, 0.6) is 0 Å². The molecule has 0 spiro atoms. The monoisotopic (exact) mass is 238 g/mol. The Kier molecular flexibility index (Phi) is 5.69. The van der Waals surface area contributed by atoms with Gasteiger partial charge in [-0.2, -0.15) is 5.10 Å². The van der Waals surface area contributed by atoms with E-state index in [0.717, 1.165) is 25.0 Å². The average Bonchev–Trinajstić information content (AvgIpc) is 2.73. The standard InChI is InChI=1S/C14H26N2O/c1-5-12(4)16-9-8-13(15-16)10-14(17)7-6-11(2)3/h8-9,11-12,14,17H,5-7,10H2,1-4H3. The van der Waals surface area contributed by atoms with Gasteiger partial charge in [-0.05, 0) is 38.2 Å². The second kappa shape index (κ2) is 6.80. The SMILES string of the molecule is CCC(C)n1ccc(CC(O)CCC(C)C)n1. The molecule has 1 rings (SSSR count). The second-order valence-corrected chi connectivity index (χ2v) is 5.37. The molecule has 3 heteroatoms. The van der Waals surface area contributed by atoms with Crippen LogP contribution < -0.4 is 0 Å². The van der Waals surface area contributed by atoms with Crippen molar-refractivity contribution in [3.8, 4) is 0 Å². The molecule has 1 aromatic rings. The first-order chi connectivity index (χ1) is 8.02. The summed E-state index contributed by atoms with van der Waals surface area (Å²) in [5.74, 6) is 0.655. The van der Waals surface area contributed by atoms with Crippen molar-refractivity contribution in [1.29, 1.82) is 0 Å². The molecule has 0 saturated carbocycles. The van der Waals surface area contributed by atoms with Crippen LogP contribution in [0, 0.1) is 5.92 Å². The minimum Gasteiger partial charge on any atom is -0.393 e. The lowest BCUT2D eigenvalue weighted by atomic mass is 10.0. The number of hydrogen-bond donors (Lipinski definition) is 1. The van der Waals surface area contributed by atoms with Crippen molar-refractivity contribution in [2.45, 2.75) is 65.5 Å². The molecule has 0 fully saturated rings. The molecule has 0 aliphatic carbocycles. The van der Waals surface area contributed by atoms with Crippen molar-refractivity contribution >= 4 is 0 Å². The molecule has 2 atom stereocenters. The van der Waals surface area contributed by atoms with Crippen molar-refractivity contribution < 1.29 is 5.11 Å². The zero-order valence-electron chi connectivity index (χ0n) is 11.6. The van der Waals surface area contributed by atoms with Crippen LogP contribution in [-0.4, -0.2) is 21.0 Å². The third kappa shape index (κ3) is 4.90. The van der Waals surface area contributed by atoms with Gasteiger partial charge in [0.1, 0.15) is 0 Å². The van der Waals surface area contributed by atoms with Crippen molar-refractivity contribution in [2.24, 2.45) is 5.92 Å². The third-order valence-corrected chi connectivity index (χ3v) is 3.23. The molecule has 1 heterocycles. The van der Waals surface area contributed by atoms with Crippen LogP contribution in [0.15, 0.2) is 12.3 Å². The molecule has 0 radical (unpaired) electrons. The highest BCUT2D eigenvalue weighted by atomic mass is 16.3. The topological polar surface area (TPSA) is 38.0 Å². The summed E-state index contributed by atoms with van der Waals surface area (Å²) in [7, 11) is 0. The van der Waals surface area contributed by atoms with Crippen molar-refractivity contribution in [3.05, 3.63) is 18.0 Å². The first kappa shape index (κ1) is 14.2. The normalized spacial score (nSPS) is 15.2. The number of aliphatic hydroxyl groups is 1. The van der Waals surface area contributed by atoms with Crippen LogP contribution in [0.3, 0.4) is 0 Å². The summed E-state index contributed by atoms with van der Waals surface area (Å²) in [5.41, 5.74) is 1.00. The van der Waals surface area contributed by atoms with Gasteiger partial charge in [0.15, 0.2) is 0 Å². The number of rotatable bonds is 7. The highest BCUT2D eigenvalue weighted by Gasteiger charge is 2.10. The fourth-order valence-corrected chi connectivity index (χ4v) is 1.79. The summed E-state index contributed by atoms with van der Waals surface area (Å²) >= 11 is 0. The van der Waals surface area contributed by atoms with E-state index in [2.05, 4.69) is 32.8 Å². The first-order valence-corrected chi connectivity index (χ1v) is 6.75. The lowest BCUT2D eigenvalue weighted by Crippen LogP contribution is -2.13. The molecule has 17 heavy (non-hydrogen) atoms. The van der Waals surface area contributed by atoms with Gasteiger partial charge in [-0.25, -0.2) is 0 Å². The van der Waals surface area contributed by atoms with Gasteiger partial charge in [0.25, 0.3) is 0 Å². The van der Waals surface area contributed by atoms with Gasteiger partial charge in [0.05, 0.1) is 11.8 Å². The smallest absolute Gasteiger partial charge is 0.0650 e. The fourth-order valence-electron chi connectivity index (χ4n) is 1.79. The van der Waals surface area contributed by atoms with Gasteiger partial charge in [-0.15, -0.1) is 0 Å². The van der Waals surface area contributed by atoms with Crippen LogP contribution in [0.4, 0.5) is 0 Å². The molecule has 0 saturated heterocycles. The van der Waals surface area contributed by atoms with E-state index in [1.54, 1.807) is 0 Å². The summed E-state index contributed by atoms with van der Waals surface area (Å²) in [4.78, 5) is 0. The average molecular weight is 238 g/mol. The van der Waals surface area contributed by atoms with Gasteiger partial charge in [0.2, 0.25) is 0 Å². The Hall–Kier alpha value is -0.830. The van der Waals surface area contributed by atoms with Crippen molar-refractivity contribution in [2.75, 3.05) is 0 Å². The quantitative estimate of drug-likeness (QED) is 0.792. The lowest BCUT2D eigenvalue weighted by molar-refractivity contribution is 0.155. The van der Waals surface area contributed by atoms with Crippen LogP contribution >= 0.6 is 0 Å². The van der Waals surface area contributed by atoms with E-state index >= 15 is 0 Å². The Morgan fingerprint density at radius 3 is 2.59 bits per heavy atom.